The maximum absolute atomic E-state index is 15.8. The number of nitrogens with zero attached hydrogens (tertiary/aromatic N) is 1. The number of benzene rings is 2. The molecule has 0 saturated carbocycles. The van der Waals surface area contributed by atoms with E-state index in [1.807, 2.05) is 13.0 Å². The number of hydrogen-bond donors (Lipinski definition) is 0. The minimum Gasteiger partial charge on any atom is -0.493 e. The number of methoxy groups -OCH3 is 1. The Morgan fingerprint density at radius 3 is 2.48 bits per heavy atom. The van der Waals surface area contributed by atoms with Crippen LogP contribution in [-0.2, 0) is 13.0 Å². The summed E-state index contributed by atoms with van der Waals surface area (Å²) in [5.74, 6) is 0.897. The number of carbonyl (C=O) groups excluding carboxylic acids is 1. The molecule has 1 aliphatic heterocycles. The number of carbonyl (C=O) groups is 1. The average molecular weight is 448 g/mol. The van der Waals surface area contributed by atoms with Crippen LogP contribution in [0.5, 0.6) is 11.5 Å². The topological polar surface area (TPSA) is 38.8 Å². The third-order valence-corrected chi connectivity index (χ3v) is 6.38. The van der Waals surface area contributed by atoms with Gasteiger partial charge in [0.05, 0.1) is 13.7 Å². The van der Waals surface area contributed by atoms with E-state index in [1.54, 1.807) is 19.2 Å². The number of halogens is 2. The van der Waals surface area contributed by atoms with Crippen LogP contribution in [0.25, 0.3) is 0 Å². The van der Waals surface area contributed by atoms with Crippen LogP contribution in [0, 0.1) is 5.92 Å². The smallest absolute Gasteiger partial charge is 0.200 e. The van der Waals surface area contributed by atoms with E-state index in [9.17, 15) is 4.79 Å². The summed E-state index contributed by atoms with van der Waals surface area (Å²) >= 11 is 0. The Hall–Kier alpha value is -2.11. The number of hydrogen-bond acceptors (Lipinski definition) is 4. The fraction of sp³-hybridized carbons (Fsp3) is 0.480. The highest BCUT2D eigenvalue weighted by molar-refractivity contribution is 6.07. The Bertz CT molecular complexity index is 899. The molecular formula is C25H31ClFNO3. The highest BCUT2D eigenvalue weighted by Gasteiger charge is 2.48. The number of fused-ring (bicyclic) bond motifs is 1. The van der Waals surface area contributed by atoms with Gasteiger partial charge in [0, 0.05) is 18.5 Å². The first kappa shape index (κ1) is 23.6. The Morgan fingerprint density at radius 1 is 1.13 bits per heavy atom. The Kier molecular flexibility index (Phi) is 7.60. The van der Waals surface area contributed by atoms with Crippen molar-refractivity contribution in [3.05, 3.63) is 59.2 Å². The Labute approximate surface area is 190 Å². The molecule has 0 amide bonds. The van der Waals surface area contributed by atoms with Gasteiger partial charge in [-0.2, -0.15) is 0 Å². The minimum absolute atomic E-state index is 0. The number of likely N-dealkylation sites (tertiary alicyclic amines) is 1. The molecule has 0 bridgehead atoms. The zero-order valence-electron chi connectivity index (χ0n) is 18.2. The molecule has 31 heavy (non-hydrogen) atoms. The van der Waals surface area contributed by atoms with Crippen molar-refractivity contribution in [1.29, 1.82) is 0 Å². The number of ketones is 1. The third kappa shape index (κ3) is 5.04. The lowest BCUT2D eigenvalue weighted by molar-refractivity contribution is 0.0587. The molecule has 1 fully saturated rings. The van der Waals surface area contributed by atoms with Gasteiger partial charge in [-0.3, -0.25) is 9.69 Å². The van der Waals surface area contributed by atoms with E-state index in [0.29, 0.717) is 30.1 Å². The van der Waals surface area contributed by atoms with Crippen molar-refractivity contribution in [3.8, 4) is 11.5 Å². The van der Waals surface area contributed by atoms with Crippen molar-refractivity contribution in [1.82, 2.24) is 4.90 Å². The molecule has 4 rings (SSSR count). The minimum atomic E-state index is -1.82. The Balaban J connectivity index is 0.00000272. The van der Waals surface area contributed by atoms with Gasteiger partial charge in [-0.05, 0) is 68.5 Å². The largest absolute Gasteiger partial charge is 0.493 e. The average Bonchev–Trinajstić information content (AvgIpc) is 2.99. The van der Waals surface area contributed by atoms with Gasteiger partial charge in [-0.25, -0.2) is 4.39 Å². The van der Waals surface area contributed by atoms with E-state index in [2.05, 4.69) is 29.2 Å². The number of alkyl halides is 1. The molecule has 6 heteroatoms. The first-order valence-corrected chi connectivity index (χ1v) is 10.9. The predicted molar refractivity (Wildman–Crippen MR) is 122 cm³/mol. The fourth-order valence-electron chi connectivity index (χ4n) is 4.82. The van der Waals surface area contributed by atoms with Gasteiger partial charge in [0.1, 0.15) is 0 Å². The number of Topliss-reactive ketones (excluding diaryl/α,β-unsaturated/α-hetero) is 1. The summed E-state index contributed by atoms with van der Waals surface area (Å²) in [5.41, 5.74) is 0.663. The maximum atomic E-state index is 15.8. The second kappa shape index (κ2) is 10.0. The molecule has 1 heterocycles. The van der Waals surface area contributed by atoms with E-state index in [-0.39, 0.29) is 24.7 Å². The number of rotatable bonds is 7. The maximum Gasteiger partial charge on any atom is 0.200 e. The lowest BCUT2D eigenvalue weighted by Crippen LogP contribution is -2.38. The first-order valence-electron chi connectivity index (χ1n) is 10.9. The zero-order chi connectivity index (χ0) is 21.1. The van der Waals surface area contributed by atoms with Gasteiger partial charge < -0.3 is 9.47 Å². The lowest BCUT2D eigenvalue weighted by atomic mass is 9.83. The molecule has 2 aromatic rings. The molecule has 1 saturated heterocycles. The van der Waals surface area contributed by atoms with E-state index in [0.717, 1.165) is 38.0 Å². The first-order chi connectivity index (χ1) is 14.5. The summed E-state index contributed by atoms with van der Waals surface area (Å²) in [5, 5.41) is 0. The predicted octanol–water partition coefficient (Wildman–Crippen LogP) is 5.27. The number of piperidine rings is 1. The molecule has 1 unspecified atom stereocenters. The SMILES string of the molecule is CCOc1cc2c(cc1OC)CC(F)(CC1CCN(Cc3ccccc3)CC1)C2=O.Cl. The standard InChI is InChI=1S/C25H30FNO3.ClH/c1-3-30-23-14-21-20(13-22(23)29-2)16-25(26,24(21)28)15-18-9-11-27(12-10-18)17-19-7-5-4-6-8-19;/h4-8,13-14,18H,3,9-12,15-17H2,1-2H3;1H. The zero-order valence-corrected chi connectivity index (χ0v) is 19.1. The molecule has 168 valence electrons. The third-order valence-electron chi connectivity index (χ3n) is 6.38. The van der Waals surface area contributed by atoms with E-state index in [1.165, 1.54) is 5.56 Å². The number of ether oxygens (including phenoxy) is 2. The van der Waals surface area contributed by atoms with Crippen LogP contribution in [0.1, 0.15) is 47.7 Å². The van der Waals surface area contributed by atoms with Crippen LogP contribution in [0.3, 0.4) is 0 Å². The van der Waals surface area contributed by atoms with E-state index in [4.69, 9.17) is 9.47 Å². The van der Waals surface area contributed by atoms with Crippen LogP contribution in [0.2, 0.25) is 0 Å². The summed E-state index contributed by atoms with van der Waals surface area (Å²) in [6.45, 7) is 5.15. The summed E-state index contributed by atoms with van der Waals surface area (Å²) in [4.78, 5) is 15.4. The quantitative estimate of drug-likeness (QED) is 0.580. The molecular weight excluding hydrogens is 417 g/mol. The molecule has 4 nitrogen and oxygen atoms in total. The molecule has 0 N–H and O–H groups in total. The van der Waals surface area contributed by atoms with Gasteiger partial charge in [0.25, 0.3) is 0 Å². The molecule has 2 aliphatic rings. The second-order valence-corrected chi connectivity index (χ2v) is 8.47. The Morgan fingerprint density at radius 2 is 1.84 bits per heavy atom. The van der Waals surface area contributed by atoms with E-state index >= 15 is 4.39 Å². The molecule has 0 spiro atoms. The van der Waals surface area contributed by atoms with Crippen molar-refractivity contribution in [2.45, 2.75) is 44.8 Å². The van der Waals surface area contributed by atoms with Crippen LogP contribution in [0.15, 0.2) is 42.5 Å². The van der Waals surface area contributed by atoms with Crippen molar-refractivity contribution < 1.29 is 18.7 Å². The van der Waals surface area contributed by atoms with Gasteiger partial charge in [0.15, 0.2) is 17.2 Å². The van der Waals surface area contributed by atoms with Crippen LogP contribution in [0.4, 0.5) is 4.39 Å². The van der Waals surface area contributed by atoms with Crippen LogP contribution < -0.4 is 9.47 Å². The normalized spacial score (nSPS) is 21.5. The molecule has 2 aromatic carbocycles. The van der Waals surface area contributed by atoms with Crippen LogP contribution >= 0.6 is 12.4 Å². The second-order valence-electron chi connectivity index (χ2n) is 8.47. The van der Waals surface area contributed by atoms with Crippen molar-refractivity contribution >= 4 is 18.2 Å². The summed E-state index contributed by atoms with van der Waals surface area (Å²) in [7, 11) is 1.56. The highest BCUT2D eigenvalue weighted by Crippen LogP contribution is 2.43. The van der Waals surface area contributed by atoms with Gasteiger partial charge in [0.2, 0.25) is 5.78 Å². The summed E-state index contributed by atoms with van der Waals surface area (Å²) in [6.07, 6.45) is 2.28. The highest BCUT2D eigenvalue weighted by atomic mass is 35.5. The van der Waals surface area contributed by atoms with E-state index < -0.39 is 11.5 Å². The van der Waals surface area contributed by atoms with Crippen molar-refractivity contribution in [2.24, 2.45) is 5.92 Å². The molecule has 0 radical (unpaired) electrons. The van der Waals surface area contributed by atoms with Gasteiger partial charge in [-0.1, -0.05) is 30.3 Å². The van der Waals surface area contributed by atoms with Crippen LogP contribution in [-0.4, -0.2) is 43.2 Å². The van der Waals surface area contributed by atoms with Gasteiger partial charge >= 0.3 is 0 Å². The van der Waals surface area contributed by atoms with Crippen molar-refractivity contribution in [3.63, 3.8) is 0 Å². The molecule has 0 aromatic heterocycles. The van der Waals surface area contributed by atoms with Gasteiger partial charge in [-0.15, -0.1) is 12.4 Å². The lowest BCUT2D eigenvalue weighted by Gasteiger charge is -2.34. The fourth-order valence-corrected chi connectivity index (χ4v) is 4.82. The summed E-state index contributed by atoms with van der Waals surface area (Å²) in [6, 6.07) is 13.9. The van der Waals surface area contributed by atoms with Crippen molar-refractivity contribution in [2.75, 3.05) is 26.8 Å². The monoisotopic (exact) mass is 447 g/mol. The summed E-state index contributed by atoms with van der Waals surface area (Å²) < 4.78 is 26.8. The molecule has 1 atom stereocenters. The molecule has 1 aliphatic carbocycles.